The van der Waals surface area contributed by atoms with Gasteiger partial charge in [0.25, 0.3) is 0 Å². The maximum atomic E-state index is 12.4. The number of amides is 1. The molecule has 0 spiro atoms. The van der Waals surface area contributed by atoms with Gasteiger partial charge < -0.3 is 10.4 Å². The van der Waals surface area contributed by atoms with E-state index in [1.165, 1.54) is 6.20 Å². The summed E-state index contributed by atoms with van der Waals surface area (Å²) in [7, 11) is 0. The van der Waals surface area contributed by atoms with E-state index in [9.17, 15) is 14.7 Å². The summed E-state index contributed by atoms with van der Waals surface area (Å²) in [5, 5.41) is 12.5. The van der Waals surface area contributed by atoms with Gasteiger partial charge in [0.1, 0.15) is 0 Å². The molecular formula is C34H48N2O3. The van der Waals surface area contributed by atoms with Gasteiger partial charge in [0.05, 0.1) is 5.56 Å². The molecule has 0 aliphatic rings. The molecule has 5 heteroatoms. The average molecular weight is 533 g/mol. The van der Waals surface area contributed by atoms with Gasteiger partial charge in [-0.25, -0.2) is 4.79 Å². The first-order valence-corrected chi connectivity index (χ1v) is 14.1. The molecule has 2 N–H and O–H groups in total. The molecule has 1 rings (SSSR count). The monoisotopic (exact) mass is 532 g/mol. The second-order valence-corrected chi connectivity index (χ2v) is 10.2. The molecule has 0 aromatic carbocycles. The molecule has 39 heavy (non-hydrogen) atoms. The van der Waals surface area contributed by atoms with Crippen LogP contribution in [0, 0.1) is 0 Å². The highest BCUT2D eigenvalue weighted by molar-refractivity contribution is 5.89. The fraction of sp³-hybridized carbons (Fsp3) is 0.441. The first-order chi connectivity index (χ1) is 18.8. The normalized spacial score (nSPS) is 13.6. The van der Waals surface area contributed by atoms with Gasteiger partial charge in [-0.2, -0.15) is 0 Å². The van der Waals surface area contributed by atoms with Crippen molar-refractivity contribution in [3.63, 3.8) is 0 Å². The van der Waals surface area contributed by atoms with Gasteiger partial charge >= 0.3 is 5.97 Å². The van der Waals surface area contributed by atoms with Gasteiger partial charge in [-0.3, -0.25) is 9.78 Å². The number of carbonyl (C=O) groups is 2. The van der Waals surface area contributed by atoms with Gasteiger partial charge in [-0.05, 0) is 75.3 Å². The second kappa shape index (κ2) is 20.5. The fourth-order valence-corrected chi connectivity index (χ4v) is 4.28. The quantitative estimate of drug-likeness (QED) is 0.175. The second-order valence-electron chi connectivity index (χ2n) is 10.2. The summed E-state index contributed by atoms with van der Waals surface area (Å²) >= 11 is 0. The third kappa shape index (κ3) is 16.2. The van der Waals surface area contributed by atoms with Crippen LogP contribution in [0.3, 0.4) is 0 Å². The number of carboxylic acids is 1. The highest BCUT2D eigenvalue weighted by atomic mass is 16.4. The minimum atomic E-state index is -0.987. The van der Waals surface area contributed by atoms with E-state index in [1.54, 1.807) is 12.3 Å². The lowest BCUT2D eigenvalue weighted by molar-refractivity contribution is -0.121. The number of hydrogen-bond donors (Lipinski definition) is 2. The van der Waals surface area contributed by atoms with Crippen molar-refractivity contribution in [1.29, 1.82) is 0 Å². The molecule has 0 saturated heterocycles. The van der Waals surface area contributed by atoms with Crippen molar-refractivity contribution in [3.8, 4) is 0 Å². The smallest absolute Gasteiger partial charge is 0.337 e. The summed E-state index contributed by atoms with van der Waals surface area (Å²) in [6.45, 7) is 8.09. The Morgan fingerprint density at radius 1 is 0.872 bits per heavy atom. The van der Waals surface area contributed by atoms with E-state index in [1.807, 2.05) is 26.8 Å². The van der Waals surface area contributed by atoms with Crippen LogP contribution in [-0.4, -0.2) is 28.0 Å². The zero-order valence-electron chi connectivity index (χ0n) is 24.3. The fourth-order valence-electron chi connectivity index (χ4n) is 4.28. The van der Waals surface area contributed by atoms with E-state index < -0.39 is 11.4 Å². The Morgan fingerprint density at radius 3 is 1.85 bits per heavy atom. The number of carbonyl (C=O) groups excluding carboxylic acids is 1. The van der Waals surface area contributed by atoms with Crippen molar-refractivity contribution in [2.75, 3.05) is 0 Å². The molecule has 212 valence electrons. The summed E-state index contributed by atoms with van der Waals surface area (Å²) in [6, 6.07) is 1.67. The third-order valence-electron chi connectivity index (χ3n) is 6.14. The summed E-state index contributed by atoms with van der Waals surface area (Å²) in [5.41, 5.74) is 0.521. The van der Waals surface area contributed by atoms with Crippen LogP contribution < -0.4 is 5.32 Å². The molecule has 5 nitrogen and oxygen atoms in total. The standard InChI is InChI=1S/C34H48N2O3/c1-5-6-7-8-9-10-11-12-13-14-15-16-17-18-19-20-21-22-23-24-32(37)36-29(2)27-34(3,4)31-25-26-35-28-30(31)33(38)39/h6-7,9-10,12-13,15-16,18-19,21-22,25-26,28-29H,5,8,11,14,17,20,23-24,27H2,1-4H3,(H,36,37)(H,38,39)/b7-6-,10-9-,13-12-,16-15-,19-18-,22-21-. The lowest BCUT2D eigenvalue weighted by Gasteiger charge is -2.30. The summed E-state index contributed by atoms with van der Waals surface area (Å²) in [5.74, 6) is -0.981. The summed E-state index contributed by atoms with van der Waals surface area (Å²) < 4.78 is 0. The minimum absolute atomic E-state index is 0.00557. The number of aromatic nitrogens is 1. The number of rotatable bonds is 19. The molecule has 0 radical (unpaired) electrons. The van der Waals surface area contributed by atoms with Crippen LogP contribution in [0.15, 0.2) is 91.4 Å². The first-order valence-electron chi connectivity index (χ1n) is 14.1. The Balaban J connectivity index is 2.20. The maximum Gasteiger partial charge on any atom is 0.337 e. The molecule has 1 heterocycles. The van der Waals surface area contributed by atoms with E-state index in [4.69, 9.17) is 0 Å². The zero-order valence-corrected chi connectivity index (χ0v) is 24.3. The Kier molecular flexibility index (Phi) is 17.6. The minimum Gasteiger partial charge on any atom is -0.478 e. The third-order valence-corrected chi connectivity index (χ3v) is 6.14. The topological polar surface area (TPSA) is 79.3 Å². The number of nitrogens with one attached hydrogen (secondary N) is 1. The average Bonchev–Trinajstić information content (AvgIpc) is 2.89. The molecule has 0 aliphatic heterocycles. The lowest BCUT2D eigenvalue weighted by atomic mass is 9.77. The molecule has 1 amide bonds. The lowest BCUT2D eigenvalue weighted by Crippen LogP contribution is -2.37. The molecule has 1 aromatic heterocycles. The van der Waals surface area contributed by atoms with Gasteiger partial charge in [-0.1, -0.05) is 93.7 Å². The van der Waals surface area contributed by atoms with Gasteiger partial charge in [0, 0.05) is 24.9 Å². The Labute approximate surface area is 236 Å². The Bertz CT molecular complexity index is 1030. The van der Waals surface area contributed by atoms with Crippen LogP contribution in [0.4, 0.5) is 0 Å². The largest absolute Gasteiger partial charge is 0.478 e. The van der Waals surface area contributed by atoms with Crippen LogP contribution in [0.5, 0.6) is 0 Å². The van der Waals surface area contributed by atoms with E-state index >= 15 is 0 Å². The van der Waals surface area contributed by atoms with Crippen molar-refractivity contribution in [2.45, 2.75) is 96.9 Å². The summed E-state index contributed by atoms with van der Waals surface area (Å²) in [6.07, 6.45) is 36.6. The molecular weight excluding hydrogens is 484 g/mol. The predicted molar refractivity (Wildman–Crippen MR) is 164 cm³/mol. The number of nitrogens with zero attached hydrogens (tertiary/aromatic N) is 1. The molecule has 1 atom stereocenters. The SMILES string of the molecule is CC/C=C\C/C=C\C/C=C\C/C=C\C/C=C\C/C=C\CCC(=O)NC(C)CC(C)(C)c1ccncc1C(=O)O. The van der Waals surface area contributed by atoms with Crippen molar-refractivity contribution >= 4 is 11.9 Å². The number of hydrogen-bond acceptors (Lipinski definition) is 3. The molecule has 0 bridgehead atoms. The highest BCUT2D eigenvalue weighted by Gasteiger charge is 2.28. The van der Waals surface area contributed by atoms with E-state index in [-0.39, 0.29) is 17.5 Å². The molecule has 1 unspecified atom stereocenters. The van der Waals surface area contributed by atoms with Crippen molar-refractivity contribution in [2.24, 2.45) is 0 Å². The number of carboxylic acid groups (broad SMARTS) is 1. The number of pyridine rings is 1. The van der Waals surface area contributed by atoms with Crippen molar-refractivity contribution < 1.29 is 14.7 Å². The Morgan fingerprint density at radius 2 is 1.36 bits per heavy atom. The Hall–Kier alpha value is -3.47. The van der Waals surface area contributed by atoms with Crippen LogP contribution in [-0.2, 0) is 10.2 Å². The van der Waals surface area contributed by atoms with Gasteiger partial charge in [0.2, 0.25) is 5.91 Å². The maximum absolute atomic E-state index is 12.4. The van der Waals surface area contributed by atoms with E-state index in [0.717, 1.165) is 44.1 Å². The molecule has 0 aliphatic carbocycles. The van der Waals surface area contributed by atoms with Crippen molar-refractivity contribution in [3.05, 3.63) is 102 Å². The molecule has 0 saturated carbocycles. The van der Waals surface area contributed by atoms with E-state index in [2.05, 4.69) is 84.1 Å². The summed E-state index contributed by atoms with van der Waals surface area (Å²) in [4.78, 5) is 27.8. The molecule has 1 aromatic rings. The predicted octanol–water partition coefficient (Wildman–Crippen LogP) is 8.43. The number of aromatic carboxylic acids is 1. The van der Waals surface area contributed by atoms with Crippen molar-refractivity contribution in [1.82, 2.24) is 10.3 Å². The zero-order chi connectivity index (χ0) is 28.8. The van der Waals surface area contributed by atoms with Crippen LogP contribution in [0.25, 0.3) is 0 Å². The van der Waals surface area contributed by atoms with Gasteiger partial charge in [-0.15, -0.1) is 0 Å². The first kappa shape index (κ1) is 33.6. The highest BCUT2D eigenvalue weighted by Crippen LogP contribution is 2.30. The molecule has 0 fully saturated rings. The van der Waals surface area contributed by atoms with Crippen LogP contribution in [0.2, 0.25) is 0 Å². The number of allylic oxidation sites excluding steroid dienone is 12. The van der Waals surface area contributed by atoms with Crippen LogP contribution in [0.1, 0.15) is 101 Å². The van der Waals surface area contributed by atoms with Gasteiger partial charge in [0.15, 0.2) is 0 Å². The van der Waals surface area contributed by atoms with E-state index in [0.29, 0.717) is 19.3 Å². The van der Waals surface area contributed by atoms with Crippen LogP contribution >= 0.6 is 0 Å².